The molecule has 1 amide bonds. The number of halogens is 1. The number of hydrogen-bond donors (Lipinski definition) is 1. The highest BCUT2D eigenvalue weighted by molar-refractivity contribution is 6.30. The first-order chi connectivity index (χ1) is 19.7. The normalized spacial score (nSPS) is 26.9. The van der Waals surface area contributed by atoms with Crippen LogP contribution in [0.25, 0.3) is 0 Å². The van der Waals surface area contributed by atoms with Gasteiger partial charge in [0.15, 0.2) is 5.78 Å². The number of amides is 1. The number of carbonyl (C=O) groups is 2. The molecular formula is C34H37ClN4O2. The van der Waals surface area contributed by atoms with Gasteiger partial charge in [0.2, 0.25) is 0 Å². The van der Waals surface area contributed by atoms with Crippen LogP contribution in [0, 0.1) is 29.1 Å². The third-order valence-corrected chi connectivity index (χ3v) is 10.4. The van der Waals surface area contributed by atoms with E-state index in [9.17, 15) is 9.59 Å². The minimum absolute atomic E-state index is 0.00647. The number of aromatic nitrogens is 2. The van der Waals surface area contributed by atoms with Crippen molar-refractivity contribution in [1.29, 1.82) is 0 Å². The molecule has 3 saturated carbocycles. The molecule has 1 aliphatic heterocycles. The molecule has 1 N–H and O–H groups in total. The van der Waals surface area contributed by atoms with E-state index >= 15 is 0 Å². The average molecular weight is 569 g/mol. The van der Waals surface area contributed by atoms with Crippen molar-refractivity contribution in [2.75, 3.05) is 6.54 Å². The number of nitrogens with zero attached hydrogens (tertiary/aromatic N) is 3. The van der Waals surface area contributed by atoms with E-state index in [1.54, 1.807) is 55.1 Å². The Morgan fingerprint density at radius 2 is 1.56 bits per heavy atom. The van der Waals surface area contributed by atoms with Crippen LogP contribution in [-0.2, 0) is 17.6 Å². The van der Waals surface area contributed by atoms with Crippen LogP contribution >= 0.6 is 11.6 Å². The number of hydrogen-bond acceptors (Lipinski definition) is 5. The summed E-state index contributed by atoms with van der Waals surface area (Å²) in [5.74, 6) is 2.65. The van der Waals surface area contributed by atoms with Crippen molar-refractivity contribution in [1.82, 2.24) is 20.2 Å². The van der Waals surface area contributed by atoms with Gasteiger partial charge in [0.25, 0.3) is 5.91 Å². The van der Waals surface area contributed by atoms with Gasteiger partial charge in [0.05, 0.1) is 0 Å². The van der Waals surface area contributed by atoms with Gasteiger partial charge in [-0.05, 0) is 102 Å². The fourth-order valence-corrected chi connectivity index (χ4v) is 7.71. The Kier molecular flexibility index (Phi) is 7.23. The highest BCUT2D eigenvalue weighted by atomic mass is 35.5. The molecule has 4 unspecified atom stereocenters. The fraction of sp³-hybridized carbons (Fsp3) is 0.412. The molecule has 0 radical (unpaired) electrons. The Hall–Kier alpha value is -3.51. The molecular weight excluding hydrogens is 532 g/mol. The lowest BCUT2D eigenvalue weighted by molar-refractivity contribution is -0.142. The van der Waals surface area contributed by atoms with E-state index in [0.717, 1.165) is 17.5 Å². The Bertz CT molecular complexity index is 1410. The standard InChI is InChI=1S/C34H37ClN4O2/c1-22-26(16-27-17-29(22)33(27,2)3)21-39-31(18-30(40)25-4-6-28(35)7-5-25)38-34(32(39)41,19-23-8-12-36-13-9-23)20-24-10-14-37-15-11-24/h4-15,18,22,26-27,29,38H,16-17,19-21H2,1-3H3/b31-18-. The third-order valence-electron chi connectivity index (χ3n) is 10.1. The second kappa shape index (κ2) is 10.7. The smallest absolute Gasteiger partial charge is 0.254 e. The van der Waals surface area contributed by atoms with Gasteiger partial charge >= 0.3 is 0 Å². The van der Waals surface area contributed by atoms with E-state index in [2.05, 4.69) is 36.1 Å². The minimum atomic E-state index is -0.949. The van der Waals surface area contributed by atoms with E-state index in [1.807, 2.05) is 29.2 Å². The first kappa shape index (κ1) is 27.6. The van der Waals surface area contributed by atoms with Gasteiger partial charge in [0.1, 0.15) is 11.4 Å². The second-order valence-corrected chi connectivity index (χ2v) is 13.2. The molecule has 212 valence electrons. The zero-order chi connectivity index (χ0) is 28.8. The molecule has 1 aromatic carbocycles. The van der Waals surface area contributed by atoms with Crippen molar-refractivity contribution in [2.24, 2.45) is 29.1 Å². The van der Waals surface area contributed by atoms with E-state index in [4.69, 9.17) is 11.6 Å². The summed E-state index contributed by atoms with van der Waals surface area (Å²) < 4.78 is 0. The first-order valence-electron chi connectivity index (χ1n) is 14.6. The molecule has 3 aromatic rings. The molecule has 3 aliphatic carbocycles. The lowest BCUT2D eigenvalue weighted by atomic mass is 9.43. The number of nitrogens with one attached hydrogen (secondary N) is 1. The number of carbonyl (C=O) groups excluding carboxylic acids is 2. The zero-order valence-corrected chi connectivity index (χ0v) is 24.6. The van der Waals surface area contributed by atoms with Crippen LogP contribution in [0.15, 0.2) is 85.2 Å². The zero-order valence-electron chi connectivity index (χ0n) is 23.9. The van der Waals surface area contributed by atoms with Gasteiger partial charge in [0, 0.05) is 60.8 Å². The van der Waals surface area contributed by atoms with Gasteiger partial charge in [-0.25, -0.2) is 0 Å². The lowest BCUT2D eigenvalue weighted by Crippen LogP contribution is -2.57. The Labute approximate surface area is 247 Å². The van der Waals surface area contributed by atoms with Gasteiger partial charge in [-0.2, -0.15) is 0 Å². The molecule has 7 heteroatoms. The Balaban J connectivity index is 1.38. The van der Waals surface area contributed by atoms with Crippen LogP contribution in [0.3, 0.4) is 0 Å². The maximum absolute atomic E-state index is 14.7. The molecule has 3 heterocycles. The summed E-state index contributed by atoms with van der Waals surface area (Å²) in [6.45, 7) is 7.74. The van der Waals surface area contributed by atoms with Crippen molar-refractivity contribution in [3.8, 4) is 0 Å². The number of ketones is 1. The highest BCUT2D eigenvalue weighted by Crippen LogP contribution is 2.63. The molecule has 0 spiro atoms. The molecule has 2 aromatic heterocycles. The van der Waals surface area contributed by atoms with Crippen LogP contribution < -0.4 is 5.32 Å². The maximum Gasteiger partial charge on any atom is 0.254 e. The van der Waals surface area contributed by atoms with Crippen molar-refractivity contribution in [3.63, 3.8) is 0 Å². The Morgan fingerprint density at radius 1 is 0.976 bits per heavy atom. The number of benzene rings is 1. The van der Waals surface area contributed by atoms with Crippen molar-refractivity contribution < 1.29 is 9.59 Å². The fourth-order valence-electron chi connectivity index (χ4n) is 7.58. The van der Waals surface area contributed by atoms with Crippen LogP contribution in [0.2, 0.25) is 5.02 Å². The van der Waals surface area contributed by atoms with Gasteiger partial charge < -0.3 is 5.32 Å². The number of fused-ring (bicyclic) bond motifs is 2. The first-order valence-corrected chi connectivity index (χ1v) is 14.9. The predicted octanol–water partition coefficient (Wildman–Crippen LogP) is 6.13. The van der Waals surface area contributed by atoms with Crippen molar-refractivity contribution in [3.05, 3.63) is 107 Å². The third kappa shape index (κ3) is 5.19. The molecule has 1 saturated heterocycles. The molecule has 2 bridgehead atoms. The quantitative estimate of drug-likeness (QED) is 0.261. The molecule has 4 aliphatic rings. The van der Waals surface area contributed by atoms with Crippen LogP contribution in [-0.4, -0.2) is 38.6 Å². The van der Waals surface area contributed by atoms with E-state index in [1.165, 1.54) is 6.42 Å². The largest absolute Gasteiger partial charge is 0.357 e. The monoisotopic (exact) mass is 568 g/mol. The van der Waals surface area contributed by atoms with Gasteiger partial charge in [-0.15, -0.1) is 0 Å². The summed E-state index contributed by atoms with van der Waals surface area (Å²) in [7, 11) is 0. The van der Waals surface area contributed by atoms with Crippen molar-refractivity contribution in [2.45, 2.75) is 52.0 Å². The molecule has 4 fully saturated rings. The Morgan fingerprint density at radius 3 is 2.10 bits per heavy atom. The summed E-state index contributed by atoms with van der Waals surface area (Å²) in [4.78, 5) is 38.4. The van der Waals surface area contributed by atoms with Gasteiger partial charge in [-0.3, -0.25) is 24.5 Å². The SMILES string of the molecule is CC1C(CN2C(=O)C(Cc3ccncc3)(Cc3ccncc3)N/C2=C/C(=O)c2ccc(Cl)cc2)CC2CC1C2(C)C. The summed E-state index contributed by atoms with van der Waals surface area (Å²) in [5.41, 5.74) is 1.96. The minimum Gasteiger partial charge on any atom is -0.357 e. The van der Waals surface area contributed by atoms with E-state index in [0.29, 0.717) is 64.9 Å². The van der Waals surface area contributed by atoms with Crippen LogP contribution in [0.4, 0.5) is 0 Å². The predicted molar refractivity (Wildman–Crippen MR) is 160 cm³/mol. The van der Waals surface area contributed by atoms with Crippen LogP contribution in [0.1, 0.15) is 55.1 Å². The highest BCUT2D eigenvalue weighted by Gasteiger charge is 2.57. The average Bonchev–Trinajstić information content (AvgIpc) is 3.20. The molecule has 6 nitrogen and oxygen atoms in total. The number of pyridine rings is 2. The van der Waals surface area contributed by atoms with Crippen LogP contribution in [0.5, 0.6) is 0 Å². The van der Waals surface area contributed by atoms with E-state index in [-0.39, 0.29) is 11.7 Å². The van der Waals surface area contributed by atoms with Gasteiger partial charge in [-0.1, -0.05) is 32.4 Å². The number of allylic oxidation sites excluding steroid dienone is 1. The maximum atomic E-state index is 14.7. The van der Waals surface area contributed by atoms with Crippen molar-refractivity contribution >= 4 is 23.3 Å². The molecule has 41 heavy (non-hydrogen) atoms. The molecule has 4 atom stereocenters. The number of rotatable bonds is 8. The lowest BCUT2D eigenvalue weighted by Gasteiger charge is -2.62. The van der Waals surface area contributed by atoms with E-state index < -0.39 is 5.54 Å². The summed E-state index contributed by atoms with van der Waals surface area (Å²) in [6, 6.07) is 14.7. The topological polar surface area (TPSA) is 75.2 Å². The summed E-state index contributed by atoms with van der Waals surface area (Å²) >= 11 is 6.08. The molecule has 7 rings (SSSR count). The second-order valence-electron chi connectivity index (χ2n) is 12.8. The summed E-state index contributed by atoms with van der Waals surface area (Å²) in [5, 5.41) is 4.18. The summed E-state index contributed by atoms with van der Waals surface area (Å²) in [6.07, 6.45) is 11.9.